The highest BCUT2D eigenvalue weighted by Crippen LogP contribution is 2.25. The first-order valence-electron chi connectivity index (χ1n) is 6.42. The number of ether oxygens (including phenoxy) is 1. The van der Waals surface area contributed by atoms with Gasteiger partial charge in [0, 0.05) is 12.8 Å². The van der Waals surface area contributed by atoms with Gasteiger partial charge in [-0.2, -0.15) is 0 Å². The minimum absolute atomic E-state index is 0.455. The molecule has 1 aliphatic carbocycles. The Bertz CT molecular complexity index is 367. The van der Waals surface area contributed by atoms with Crippen molar-refractivity contribution in [3.8, 4) is 5.75 Å². The minimum Gasteiger partial charge on any atom is -0.497 e. The molecule has 1 fully saturated rings. The van der Waals surface area contributed by atoms with Crippen LogP contribution in [0.15, 0.2) is 24.3 Å². The van der Waals surface area contributed by atoms with Gasteiger partial charge in [-0.25, -0.2) is 0 Å². The Morgan fingerprint density at radius 1 is 1.29 bits per heavy atom. The summed E-state index contributed by atoms with van der Waals surface area (Å²) in [5.41, 5.74) is 1.34. The molecule has 0 aromatic heterocycles. The standard InChI is InChI=1S/C15H20O2/c1-17-15-9-7-12(8-10-15)5-6-13-3-2-4-14(16)11-13/h7-10,13H,2-6,11H2,1H3/t13-/m0/s1. The summed E-state index contributed by atoms with van der Waals surface area (Å²) >= 11 is 0. The number of hydrogen-bond donors (Lipinski definition) is 0. The Balaban J connectivity index is 1.82. The minimum atomic E-state index is 0.455. The van der Waals surface area contributed by atoms with Crippen LogP contribution in [0.5, 0.6) is 5.75 Å². The van der Waals surface area contributed by atoms with Gasteiger partial charge in [0.2, 0.25) is 0 Å². The highest BCUT2D eigenvalue weighted by Gasteiger charge is 2.18. The average molecular weight is 232 g/mol. The summed E-state index contributed by atoms with van der Waals surface area (Å²) in [6.07, 6.45) is 6.13. The molecule has 2 rings (SSSR count). The molecule has 1 atom stereocenters. The lowest BCUT2D eigenvalue weighted by molar-refractivity contribution is -0.121. The van der Waals surface area contributed by atoms with Gasteiger partial charge in [0.1, 0.15) is 11.5 Å². The number of carbonyl (C=O) groups is 1. The summed E-state index contributed by atoms with van der Waals surface area (Å²) in [6, 6.07) is 8.23. The highest BCUT2D eigenvalue weighted by atomic mass is 16.5. The van der Waals surface area contributed by atoms with Gasteiger partial charge < -0.3 is 4.74 Å². The second-order valence-corrected chi connectivity index (χ2v) is 4.89. The number of methoxy groups -OCH3 is 1. The lowest BCUT2D eigenvalue weighted by atomic mass is 9.84. The smallest absolute Gasteiger partial charge is 0.133 e. The maximum absolute atomic E-state index is 11.4. The summed E-state index contributed by atoms with van der Waals surface area (Å²) in [7, 11) is 1.68. The van der Waals surface area contributed by atoms with Crippen molar-refractivity contribution in [1.29, 1.82) is 0 Å². The second kappa shape index (κ2) is 5.85. The third kappa shape index (κ3) is 3.58. The Labute approximate surface area is 103 Å². The third-order valence-corrected chi connectivity index (χ3v) is 3.58. The van der Waals surface area contributed by atoms with E-state index in [1.165, 1.54) is 12.0 Å². The van der Waals surface area contributed by atoms with Crippen LogP contribution in [0.3, 0.4) is 0 Å². The fourth-order valence-corrected chi connectivity index (χ4v) is 2.52. The zero-order chi connectivity index (χ0) is 12.1. The maximum atomic E-state index is 11.4. The Kier molecular flexibility index (Phi) is 4.18. The number of benzene rings is 1. The molecule has 1 saturated carbocycles. The zero-order valence-corrected chi connectivity index (χ0v) is 10.4. The van der Waals surface area contributed by atoms with Crippen LogP contribution >= 0.6 is 0 Å². The van der Waals surface area contributed by atoms with Crippen LogP contribution in [0.1, 0.15) is 37.7 Å². The van der Waals surface area contributed by atoms with Gasteiger partial charge in [-0.3, -0.25) is 4.79 Å². The molecule has 0 spiro atoms. The molecule has 2 nitrogen and oxygen atoms in total. The molecule has 0 radical (unpaired) electrons. The van der Waals surface area contributed by atoms with Crippen LogP contribution in [0.2, 0.25) is 0 Å². The topological polar surface area (TPSA) is 26.3 Å². The van der Waals surface area contributed by atoms with Gasteiger partial charge in [0.25, 0.3) is 0 Å². The van der Waals surface area contributed by atoms with E-state index in [0.29, 0.717) is 11.7 Å². The lowest BCUT2D eigenvalue weighted by Gasteiger charge is -2.20. The molecule has 0 saturated heterocycles. The van der Waals surface area contributed by atoms with Crippen LogP contribution in [0.4, 0.5) is 0 Å². The fourth-order valence-electron chi connectivity index (χ4n) is 2.52. The zero-order valence-electron chi connectivity index (χ0n) is 10.4. The van der Waals surface area contributed by atoms with Crippen LogP contribution in [-0.4, -0.2) is 12.9 Å². The molecule has 0 aliphatic heterocycles. The molecule has 2 heteroatoms. The second-order valence-electron chi connectivity index (χ2n) is 4.89. The van der Waals surface area contributed by atoms with Gasteiger partial charge in [-0.15, -0.1) is 0 Å². The van der Waals surface area contributed by atoms with Crippen molar-refractivity contribution in [2.24, 2.45) is 5.92 Å². The summed E-state index contributed by atoms with van der Waals surface area (Å²) in [5.74, 6) is 1.97. The molecule has 0 amide bonds. The largest absolute Gasteiger partial charge is 0.497 e. The fraction of sp³-hybridized carbons (Fsp3) is 0.533. The van der Waals surface area contributed by atoms with Crippen molar-refractivity contribution < 1.29 is 9.53 Å². The molecule has 1 aromatic carbocycles. The molecule has 92 valence electrons. The first kappa shape index (κ1) is 12.2. The quantitative estimate of drug-likeness (QED) is 0.795. The molecular weight excluding hydrogens is 212 g/mol. The van der Waals surface area contributed by atoms with E-state index in [0.717, 1.165) is 37.9 Å². The molecule has 0 N–H and O–H groups in total. The predicted molar refractivity (Wildman–Crippen MR) is 68.3 cm³/mol. The SMILES string of the molecule is COc1ccc(CC[C@@H]2CCCC(=O)C2)cc1. The van der Waals surface area contributed by atoms with Crippen LogP contribution < -0.4 is 4.74 Å². The van der Waals surface area contributed by atoms with Gasteiger partial charge in [0.15, 0.2) is 0 Å². The van der Waals surface area contributed by atoms with Crippen molar-refractivity contribution in [2.45, 2.75) is 38.5 Å². The predicted octanol–water partition coefficient (Wildman–Crippen LogP) is 3.39. The average Bonchev–Trinajstić information content (AvgIpc) is 2.37. The van der Waals surface area contributed by atoms with Gasteiger partial charge in [-0.05, 0) is 49.3 Å². The molecule has 0 bridgehead atoms. The molecule has 1 aliphatic rings. The first-order chi connectivity index (χ1) is 8.28. The van der Waals surface area contributed by atoms with Crippen LogP contribution in [0.25, 0.3) is 0 Å². The number of ketones is 1. The van der Waals surface area contributed by atoms with E-state index in [4.69, 9.17) is 4.74 Å². The van der Waals surface area contributed by atoms with E-state index in [9.17, 15) is 4.79 Å². The van der Waals surface area contributed by atoms with E-state index in [-0.39, 0.29) is 0 Å². The summed E-state index contributed by atoms with van der Waals surface area (Å²) < 4.78 is 5.13. The molecular formula is C15H20O2. The van der Waals surface area contributed by atoms with Crippen molar-refractivity contribution >= 4 is 5.78 Å². The van der Waals surface area contributed by atoms with Crippen molar-refractivity contribution in [1.82, 2.24) is 0 Å². The Morgan fingerprint density at radius 3 is 2.71 bits per heavy atom. The Morgan fingerprint density at radius 2 is 2.06 bits per heavy atom. The van der Waals surface area contributed by atoms with Crippen LogP contribution in [0, 0.1) is 5.92 Å². The third-order valence-electron chi connectivity index (χ3n) is 3.58. The Hall–Kier alpha value is -1.31. The monoisotopic (exact) mass is 232 g/mol. The van der Waals surface area contributed by atoms with E-state index >= 15 is 0 Å². The van der Waals surface area contributed by atoms with Gasteiger partial charge in [-0.1, -0.05) is 12.1 Å². The number of carbonyl (C=O) groups excluding carboxylic acids is 1. The molecule has 0 unspecified atom stereocenters. The van der Waals surface area contributed by atoms with Crippen molar-refractivity contribution in [2.75, 3.05) is 7.11 Å². The summed E-state index contributed by atoms with van der Waals surface area (Å²) in [5, 5.41) is 0. The molecule has 0 heterocycles. The van der Waals surface area contributed by atoms with E-state index < -0.39 is 0 Å². The van der Waals surface area contributed by atoms with E-state index in [1.807, 2.05) is 12.1 Å². The molecule has 1 aromatic rings. The van der Waals surface area contributed by atoms with E-state index in [1.54, 1.807) is 7.11 Å². The van der Waals surface area contributed by atoms with E-state index in [2.05, 4.69) is 12.1 Å². The number of hydrogen-bond acceptors (Lipinski definition) is 2. The summed E-state index contributed by atoms with van der Waals surface area (Å²) in [6.45, 7) is 0. The first-order valence-corrected chi connectivity index (χ1v) is 6.42. The number of aryl methyl sites for hydroxylation is 1. The lowest BCUT2D eigenvalue weighted by Crippen LogP contribution is -2.15. The van der Waals surface area contributed by atoms with Crippen molar-refractivity contribution in [3.05, 3.63) is 29.8 Å². The number of rotatable bonds is 4. The van der Waals surface area contributed by atoms with Gasteiger partial charge >= 0.3 is 0 Å². The highest BCUT2D eigenvalue weighted by molar-refractivity contribution is 5.79. The normalized spacial score (nSPS) is 20.3. The molecule has 17 heavy (non-hydrogen) atoms. The van der Waals surface area contributed by atoms with Crippen LogP contribution in [-0.2, 0) is 11.2 Å². The summed E-state index contributed by atoms with van der Waals surface area (Å²) in [4.78, 5) is 11.4. The maximum Gasteiger partial charge on any atom is 0.133 e. The van der Waals surface area contributed by atoms with Gasteiger partial charge in [0.05, 0.1) is 7.11 Å². The number of Topliss-reactive ketones (excluding diaryl/α,β-unsaturated/α-hetero) is 1. The van der Waals surface area contributed by atoms with Crippen molar-refractivity contribution in [3.63, 3.8) is 0 Å².